The maximum absolute atomic E-state index is 5.43. The summed E-state index contributed by atoms with van der Waals surface area (Å²) in [5.41, 5.74) is 2.55. The Kier molecular flexibility index (Phi) is 8.42. The van der Waals surface area contributed by atoms with Crippen LogP contribution in [-0.4, -0.2) is 70.4 Å². The Hall–Kier alpha value is -1.79. The van der Waals surface area contributed by atoms with Gasteiger partial charge in [-0.1, -0.05) is 19.1 Å². The molecule has 0 amide bonds. The van der Waals surface area contributed by atoms with E-state index < -0.39 is 0 Å². The van der Waals surface area contributed by atoms with E-state index in [1.165, 1.54) is 43.7 Å². The van der Waals surface area contributed by atoms with E-state index in [9.17, 15) is 0 Å². The number of aliphatic imine (C=N–C) groups is 1. The summed E-state index contributed by atoms with van der Waals surface area (Å²) < 4.78 is 5.43. The lowest BCUT2D eigenvalue weighted by atomic mass is 9.99. The molecule has 28 heavy (non-hydrogen) atoms. The van der Waals surface area contributed by atoms with Gasteiger partial charge in [-0.05, 0) is 62.5 Å². The van der Waals surface area contributed by atoms with Crippen molar-refractivity contribution in [3.05, 3.63) is 29.8 Å². The quantitative estimate of drug-likeness (QED) is 0.427. The standard InChI is InChI=1S/C22H37N5O/c1-19-8-12-26(13-9-19)11-3-10-24-22(23-2)25-18-20-4-6-21(7-5-20)27-14-16-28-17-15-27/h4-7,19H,3,8-18H2,1-2H3,(H2,23,24,25). The summed E-state index contributed by atoms with van der Waals surface area (Å²) in [5, 5.41) is 6.86. The number of piperidine rings is 1. The van der Waals surface area contributed by atoms with Gasteiger partial charge in [-0.3, -0.25) is 4.99 Å². The summed E-state index contributed by atoms with van der Waals surface area (Å²) in [6.45, 7) is 11.4. The molecule has 0 aromatic heterocycles. The van der Waals surface area contributed by atoms with Crippen LogP contribution < -0.4 is 15.5 Å². The molecule has 2 heterocycles. The Morgan fingerprint density at radius 3 is 2.46 bits per heavy atom. The number of ether oxygens (including phenoxy) is 1. The largest absolute Gasteiger partial charge is 0.378 e. The zero-order valence-corrected chi connectivity index (χ0v) is 17.6. The Morgan fingerprint density at radius 2 is 1.79 bits per heavy atom. The van der Waals surface area contributed by atoms with E-state index in [-0.39, 0.29) is 0 Å². The summed E-state index contributed by atoms with van der Waals surface area (Å²) in [7, 11) is 1.84. The number of rotatable bonds is 7. The van der Waals surface area contributed by atoms with Gasteiger partial charge in [0, 0.05) is 38.9 Å². The first-order chi connectivity index (χ1) is 13.7. The minimum atomic E-state index is 0.785. The number of likely N-dealkylation sites (tertiary alicyclic amines) is 1. The van der Waals surface area contributed by atoms with Gasteiger partial charge in [-0.25, -0.2) is 0 Å². The Bertz CT molecular complexity index is 589. The molecule has 156 valence electrons. The normalized spacial score (nSPS) is 19.6. The first-order valence-electron chi connectivity index (χ1n) is 10.8. The molecule has 1 aromatic carbocycles. The summed E-state index contributed by atoms with van der Waals surface area (Å²) in [6, 6.07) is 8.81. The van der Waals surface area contributed by atoms with E-state index in [4.69, 9.17) is 4.74 Å². The Balaban J connectivity index is 1.33. The van der Waals surface area contributed by atoms with Crippen LogP contribution in [0.4, 0.5) is 5.69 Å². The van der Waals surface area contributed by atoms with Crippen LogP contribution in [0.5, 0.6) is 0 Å². The van der Waals surface area contributed by atoms with E-state index in [0.29, 0.717) is 0 Å². The van der Waals surface area contributed by atoms with Gasteiger partial charge in [0.25, 0.3) is 0 Å². The van der Waals surface area contributed by atoms with Crippen LogP contribution in [0.1, 0.15) is 31.7 Å². The van der Waals surface area contributed by atoms with Crippen molar-refractivity contribution in [3.63, 3.8) is 0 Å². The maximum Gasteiger partial charge on any atom is 0.191 e. The molecule has 3 rings (SSSR count). The summed E-state index contributed by atoms with van der Waals surface area (Å²) in [6.07, 6.45) is 3.85. The molecule has 0 atom stereocenters. The van der Waals surface area contributed by atoms with Gasteiger partial charge in [0.05, 0.1) is 13.2 Å². The number of benzene rings is 1. The highest BCUT2D eigenvalue weighted by Crippen LogP contribution is 2.17. The Morgan fingerprint density at radius 1 is 1.07 bits per heavy atom. The molecule has 6 heteroatoms. The lowest BCUT2D eigenvalue weighted by Gasteiger charge is -2.30. The van der Waals surface area contributed by atoms with Gasteiger partial charge < -0.3 is 25.2 Å². The maximum atomic E-state index is 5.43. The number of nitrogens with zero attached hydrogens (tertiary/aromatic N) is 3. The molecule has 0 unspecified atom stereocenters. The van der Waals surface area contributed by atoms with Crippen molar-refractivity contribution in [2.45, 2.75) is 32.7 Å². The van der Waals surface area contributed by atoms with E-state index in [2.05, 4.69) is 56.6 Å². The smallest absolute Gasteiger partial charge is 0.191 e. The summed E-state index contributed by atoms with van der Waals surface area (Å²) in [4.78, 5) is 9.32. The molecule has 0 bridgehead atoms. The van der Waals surface area contributed by atoms with Crippen LogP contribution >= 0.6 is 0 Å². The molecule has 2 aliphatic rings. The van der Waals surface area contributed by atoms with E-state index >= 15 is 0 Å². The minimum absolute atomic E-state index is 0.785. The number of hydrogen-bond donors (Lipinski definition) is 2. The fourth-order valence-corrected chi connectivity index (χ4v) is 3.85. The molecule has 6 nitrogen and oxygen atoms in total. The van der Waals surface area contributed by atoms with Crippen LogP contribution in [0.15, 0.2) is 29.3 Å². The van der Waals surface area contributed by atoms with Gasteiger partial charge in [-0.2, -0.15) is 0 Å². The second kappa shape index (κ2) is 11.3. The van der Waals surface area contributed by atoms with Crippen molar-refractivity contribution in [3.8, 4) is 0 Å². The molecule has 1 aromatic rings. The molecule has 0 saturated carbocycles. The highest BCUT2D eigenvalue weighted by Gasteiger charge is 2.14. The number of morpholine rings is 1. The SMILES string of the molecule is CN=C(NCCCN1CCC(C)CC1)NCc1ccc(N2CCOCC2)cc1. The van der Waals surface area contributed by atoms with Crippen molar-refractivity contribution in [2.24, 2.45) is 10.9 Å². The van der Waals surface area contributed by atoms with Gasteiger partial charge in [0.2, 0.25) is 0 Å². The Labute approximate surface area is 170 Å². The van der Waals surface area contributed by atoms with Gasteiger partial charge in [0.1, 0.15) is 0 Å². The third kappa shape index (κ3) is 6.67. The first-order valence-corrected chi connectivity index (χ1v) is 10.8. The number of anilines is 1. The minimum Gasteiger partial charge on any atom is -0.378 e. The third-order valence-electron chi connectivity index (χ3n) is 5.82. The zero-order chi connectivity index (χ0) is 19.6. The van der Waals surface area contributed by atoms with Gasteiger partial charge >= 0.3 is 0 Å². The van der Waals surface area contributed by atoms with Crippen LogP contribution in [0, 0.1) is 5.92 Å². The van der Waals surface area contributed by atoms with E-state index in [0.717, 1.165) is 57.7 Å². The second-order valence-corrected chi connectivity index (χ2v) is 8.00. The third-order valence-corrected chi connectivity index (χ3v) is 5.82. The molecule has 0 aliphatic carbocycles. The molecule has 2 saturated heterocycles. The zero-order valence-electron chi connectivity index (χ0n) is 17.6. The van der Waals surface area contributed by atoms with Crippen LogP contribution in [-0.2, 0) is 11.3 Å². The predicted molar refractivity (Wildman–Crippen MR) is 117 cm³/mol. The van der Waals surface area contributed by atoms with Crippen molar-refractivity contribution in [1.29, 1.82) is 0 Å². The van der Waals surface area contributed by atoms with Crippen LogP contribution in [0.2, 0.25) is 0 Å². The highest BCUT2D eigenvalue weighted by atomic mass is 16.5. The van der Waals surface area contributed by atoms with Gasteiger partial charge in [0.15, 0.2) is 5.96 Å². The summed E-state index contributed by atoms with van der Waals surface area (Å²) >= 11 is 0. The average molecular weight is 388 g/mol. The second-order valence-electron chi connectivity index (χ2n) is 8.00. The molecule has 0 spiro atoms. The van der Waals surface area contributed by atoms with Crippen LogP contribution in [0.25, 0.3) is 0 Å². The molecule has 2 fully saturated rings. The fraction of sp³-hybridized carbons (Fsp3) is 0.682. The fourth-order valence-electron chi connectivity index (χ4n) is 3.85. The first kappa shape index (κ1) is 20.9. The highest BCUT2D eigenvalue weighted by molar-refractivity contribution is 5.79. The van der Waals surface area contributed by atoms with Crippen molar-refractivity contribution >= 4 is 11.6 Å². The lowest BCUT2D eigenvalue weighted by molar-refractivity contribution is 0.122. The summed E-state index contributed by atoms with van der Waals surface area (Å²) in [5.74, 6) is 1.78. The molecule has 0 radical (unpaired) electrons. The van der Waals surface area contributed by atoms with Gasteiger partial charge in [-0.15, -0.1) is 0 Å². The number of guanidine groups is 1. The lowest BCUT2D eigenvalue weighted by Crippen LogP contribution is -2.39. The molecule has 2 N–H and O–H groups in total. The van der Waals surface area contributed by atoms with E-state index in [1.807, 2.05) is 7.05 Å². The molecular weight excluding hydrogens is 350 g/mol. The van der Waals surface area contributed by atoms with Crippen LogP contribution in [0.3, 0.4) is 0 Å². The molecule has 2 aliphatic heterocycles. The number of nitrogens with one attached hydrogen (secondary N) is 2. The topological polar surface area (TPSA) is 52.1 Å². The van der Waals surface area contributed by atoms with Crippen molar-refractivity contribution in [2.75, 3.05) is 64.4 Å². The number of hydrogen-bond acceptors (Lipinski definition) is 4. The van der Waals surface area contributed by atoms with Crippen molar-refractivity contribution in [1.82, 2.24) is 15.5 Å². The van der Waals surface area contributed by atoms with Crippen molar-refractivity contribution < 1.29 is 4.74 Å². The van der Waals surface area contributed by atoms with E-state index in [1.54, 1.807) is 0 Å². The molecular formula is C22H37N5O. The average Bonchev–Trinajstić information content (AvgIpc) is 2.75. The predicted octanol–water partition coefficient (Wildman–Crippen LogP) is 2.31. The monoisotopic (exact) mass is 387 g/mol.